The van der Waals surface area contributed by atoms with Gasteiger partial charge in [-0.2, -0.15) is 0 Å². The van der Waals surface area contributed by atoms with Gasteiger partial charge in [-0.1, -0.05) is 58.1 Å². The molecule has 0 aliphatic rings. The molecule has 0 bridgehead atoms. The number of halogens is 1. The van der Waals surface area contributed by atoms with Crippen molar-refractivity contribution in [1.29, 1.82) is 0 Å². The van der Waals surface area contributed by atoms with Crippen LogP contribution in [0.2, 0.25) is 0 Å². The number of nitrogens with zero attached hydrogens (tertiary/aromatic N) is 3. The number of allylic oxidation sites excluding steroid dienone is 4. The first-order valence-electron chi connectivity index (χ1n) is 9.31. The van der Waals surface area contributed by atoms with Gasteiger partial charge in [0.2, 0.25) is 0 Å². The standard InChI is InChI=1S/C13H19N5.C2H6FN.2C2H6.CH4O/c1-3-4-5-6-7-11-8-9-12(16-10-11)13(14)17-18(2)15;3-1-2-4;3*1-2/h3-6,8-10H,7,15H2,1-2H3,(H2,14,17);1-2,4H2;2*1-2H3;2H,1H3/b4-3-,6-5-;;;;. The molecule has 7 nitrogen and oxygen atoms in total. The lowest BCUT2D eigenvalue weighted by Crippen LogP contribution is -2.26. The number of aliphatic hydroxyl groups excluding tert-OH is 1. The lowest BCUT2D eigenvalue weighted by Gasteiger charge is -2.06. The second kappa shape index (κ2) is 29.5. The number of pyridine rings is 1. The average molecular weight is 401 g/mol. The summed E-state index contributed by atoms with van der Waals surface area (Å²) in [5.74, 6) is 5.68. The van der Waals surface area contributed by atoms with E-state index in [2.05, 4.69) is 21.9 Å². The Labute approximate surface area is 170 Å². The fourth-order valence-electron chi connectivity index (χ4n) is 1.31. The Morgan fingerprint density at radius 2 is 1.75 bits per heavy atom. The van der Waals surface area contributed by atoms with Crippen LogP contribution in [-0.2, 0) is 6.42 Å². The molecule has 0 amide bonds. The van der Waals surface area contributed by atoms with Crippen molar-refractivity contribution < 1.29 is 9.50 Å². The van der Waals surface area contributed by atoms with Gasteiger partial charge in [-0.05, 0) is 25.0 Å². The molecule has 0 saturated carbocycles. The van der Waals surface area contributed by atoms with E-state index in [0.717, 1.165) is 24.2 Å². The monoisotopic (exact) mass is 400 g/mol. The van der Waals surface area contributed by atoms with Crippen molar-refractivity contribution in [2.45, 2.75) is 41.0 Å². The molecule has 164 valence electrons. The number of aliphatic hydroxyl groups is 1. The Balaban J connectivity index is -0.000000245. The van der Waals surface area contributed by atoms with E-state index in [9.17, 15) is 4.39 Å². The maximum Gasteiger partial charge on any atom is 0.171 e. The maximum atomic E-state index is 10.6. The van der Waals surface area contributed by atoms with E-state index in [4.69, 9.17) is 16.7 Å². The van der Waals surface area contributed by atoms with E-state index < -0.39 is 6.67 Å². The van der Waals surface area contributed by atoms with Crippen LogP contribution in [0.4, 0.5) is 4.39 Å². The van der Waals surface area contributed by atoms with Crippen molar-refractivity contribution >= 4 is 5.84 Å². The number of hydrogen-bond donors (Lipinski definition) is 4. The SMILES string of the molecule is C/C=C\C=C/Cc1ccc(/C(N)=N/N(C)N)nc1.CC.CC.CO.NCCF. The van der Waals surface area contributed by atoms with Crippen molar-refractivity contribution in [3.8, 4) is 0 Å². The second-order valence-corrected chi connectivity index (χ2v) is 4.25. The fraction of sp³-hybridized carbons (Fsp3) is 0.500. The van der Waals surface area contributed by atoms with E-state index in [1.54, 1.807) is 13.2 Å². The predicted octanol–water partition coefficient (Wildman–Crippen LogP) is 2.76. The quantitative estimate of drug-likeness (QED) is 0.191. The number of rotatable bonds is 6. The molecular formula is C20H41FN6O. The highest BCUT2D eigenvalue weighted by Gasteiger charge is 2.00. The average Bonchev–Trinajstić information content (AvgIpc) is 2.75. The molecule has 1 aromatic rings. The van der Waals surface area contributed by atoms with E-state index >= 15 is 0 Å². The van der Waals surface area contributed by atoms with Crippen molar-refractivity contribution in [3.63, 3.8) is 0 Å². The summed E-state index contributed by atoms with van der Waals surface area (Å²) < 4.78 is 10.6. The molecule has 1 heterocycles. The Morgan fingerprint density at radius 3 is 2.11 bits per heavy atom. The lowest BCUT2D eigenvalue weighted by atomic mass is 10.2. The van der Waals surface area contributed by atoms with Crippen LogP contribution >= 0.6 is 0 Å². The van der Waals surface area contributed by atoms with E-state index in [1.165, 1.54) is 0 Å². The highest BCUT2D eigenvalue weighted by atomic mass is 19.1. The van der Waals surface area contributed by atoms with Crippen LogP contribution in [0.1, 0.15) is 45.9 Å². The lowest BCUT2D eigenvalue weighted by molar-refractivity contribution is 0.371. The molecule has 1 aromatic heterocycles. The van der Waals surface area contributed by atoms with Crippen LogP contribution in [0.25, 0.3) is 0 Å². The molecule has 0 radical (unpaired) electrons. The molecule has 7 N–H and O–H groups in total. The van der Waals surface area contributed by atoms with Gasteiger partial charge in [-0.3, -0.25) is 4.98 Å². The van der Waals surface area contributed by atoms with E-state index in [-0.39, 0.29) is 6.54 Å². The number of amidine groups is 1. The molecule has 0 spiro atoms. The Hall–Kier alpha value is -2.29. The number of hydrazone groups is 1. The zero-order valence-corrected chi connectivity index (χ0v) is 18.6. The third-order valence-electron chi connectivity index (χ3n) is 2.25. The molecule has 0 fully saturated rings. The summed E-state index contributed by atoms with van der Waals surface area (Å²) in [6.45, 7) is 9.73. The van der Waals surface area contributed by atoms with Crippen LogP contribution in [0.5, 0.6) is 0 Å². The summed E-state index contributed by atoms with van der Waals surface area (Å²) in [7, 11) is 2.60. The van der Waals surface area contributed by atoms with Crippen LogP contribution < -0.4 is 17.3 Å². The fourth-order valence-corrected chi connectivity index (χ4v) is 1.31. The molecule has 8 heteroatoms. The summed E-state index contributed by atoms with van der Waals surface area (Å²) in [6.07, 6.45) is 10.7. The van der Waals surface area contributed by atoms with Crippen LogP contribution in [-0.4, -0.2) is 48.4 Å². The normalized spacial score (nSPS) is 9.75. The van der Waals surface area contributed by atoms with E-state index in [1.807, 2.05) is 65.0 Å². The highest BCUT2D eigenvalue weighted by Crippen LogP contribution is 2.02. The Morgan fingerprint density at radius 1 is 1.21 bits per heavy atom. The van der Waals surface area contributed by atoms with Crippen molar-refractivity contribution in [2.75, 3.05) is 27.4 Å². The molecule has 0 aliphatic heterocycles. The number of hydrazine groups is 1. The predicted molar refractivity (Wildman–Crippen MR) is 120 cm³/mol. The molecule has 1 rings (SSSR count). The van der Waals surface area contributed by atoms with Gasteiger partial charge in [0.1, 0.15) is 12.4 Å². The minimum atomic E-state index is -0.403. The van der Waals surface area contributed by atoms with Gasteiger partial charge >= 0.3 is 0 Å². The maximum absolute atomic E-state index is 10.6. The van der Waals surface area contributed by atoms with Crippen molar-refractivity contribution in [1.82, 2.24) is 10.1 Å². The molecule has 0 atom stereocenters. The molecule has 0 saturated heterocycles. The van der Waals surface area contributed by atoms with Crippen molar-refractivity contribution in [3.05, 3.63) is 53.9 Å². The molecule has 0 aromatic carbocycles. The summed E-state index contributed by atoms with van der Waals surface area (Å²) in [5.41, 5.74) is 12.1. The molecular weight excluding hydrogens is 359 g/mol. The van der Waals surface area contributed by atoms with Gasteiger partial charge in [0.25, 0.3) is 0 Å². The number of aromatic nitrogens is 1. The minimum absolute atomic E-state index is 0.153. The minimum Gasteiger partial charge on any atom is -0.400 e. The molecule has 28 heavy (non-hydrogen) atoms. The summed E-state index contributed by atoms with van der Waals surface area (Å²) >= 11 is 0. The van der Waals surface area contributed by atoms with Gasteiger partial charge in [0, 0.05) is 26.9 Å². The zero-order chi connectivity index (χ0) is 22.8. The first-order valence-corrected chi connectivity index (χ1v) is 9.31. The van der Waals surface area contributed by atoms with E-state index in [0.29, 0.717) is 11.5 Å². The summed E-state index contributed by atoms with van der Waals surface area (Å²) in [6, 6.07) is 3.81. The highest BCUT2D eigenvalue weighted by molar-refractivity contribution is 5.95. The number of hydrogen-bond acceptors (Lipinski definition) is 6. The van der Waals surface area contributed by atoms with Gasteiger partial charge in [0.05, 0.1) is 0 Å². The topological polar surface area (TPSA) is 127 Å². The first-order chi connectivity index (χ1) is 13.5. The van der Waals surface area contributed by atoms with Gasteiger partial charge in [-0.25, -0.2) is 15.4 Å². The Kier molecular flexibility index (Phi) is 35.1. The van der Waals surface area contributed by atoms with Crippen LogP contribution in [0, 0.1) is 0 Å². The van der Waals surface area contributed by atoms with Crippen LogP contribution in [0.3, 0.4) is 0 Å². The first kappa shape index (κ1) is 33.3. The summed E-state index contributed by atoms with van der Waals surface area (Å²) in [4.78, 5) is 4.24. The van der Waals surface area contributed by atoms with Crippen molar-refractivity contribution in [2.24, 2.45) is 22.4 Å². The third kappa shape index (κ3) is 23.7. The smallest absolute Gasteiger partial charge is 0.171 e. The number of alkyl halides is 1. The zero-order valence-electron chi connectivity index (χ0n) is 18.6. The number of nitrogens with two attached hydrogens (primary N) is 3. The van der Waals surface area contributed by atoms with Gasteiger partial charge < -0.3 is 16.6 Å². The largest absolute Gasteiger partial charge is 0.400 e. The van der Waals surface area contributed by atoms with Gasteiger partial charge in [-0.15, -0.1) is 5.10 Å². The van der Waals surface area contributed by atoms with Crippen LogP contribution in [0.15, 0.2) is 47.7 Å². The molecule has 0 unspecified atom stereocenters. The Bertz CT molecular complexity index is 486. The summed E-state index contributed by atoms with van der Waals surface area (Å²) in [5, 5.41) is 12.0. The third-order valence-corrected chi connectivity index (χ3v) is 2.25. The molecule has 0 aliphatic carbocycles. The second-order valence-electron chi connectivity index (χ2n) is 4.25. The van der Waals surface area contributed by atoms with Gasteiger partial charge in [0.15, 0.2) is 5.84 Å².